The van der Waals surface area contributed by atoms with E-state index >= 15 is 0 Å². The zero-order chi connectivity index (χ0) is 16.0. The third kappa shape index (κ3) is 2.03. The SMILES string of the molecule is CN(C)c1ccc2c(c1)Oc1c(O)c(O)cc(C(=O)O)c1N2. The Labute approximate surface area is 126 Å². The van der Waals surface area contributed by atoms with Gasteiger partial charge in [-0.1, -0.05) is 0 Å². The van der Waals surface area contributed by atoms with Gasteiger partial charge in [-0.3, -0.25) is 0 Å². The Morgan fingerprint density at radius 2 is 1.95 bits per heavy atom. The number of anilines is 3. The molecule has 0 fully saturated rings. The van der Waals surface area contributed by atoms with Gasteiger partial charge < -0.3 is 30.3 Å². The number of phenols is 2. The Kier molecular flexibility index (Phi) is 2.98. The lowest BCUT2D eigenvalue weighted by Gasteiger charge is -2.25. The number of ether oxygens (including phenoxy) is 1. The molecular formula is C15H14N2O5. The van der Waals surface area contributed by atoms with Crippen LogP contribution in [0.25, 0.3) is 0 Å². The van der Waals surface area contributed by atoms with E-state index in [-0.39, 0.29) is 17.0 Å². The molecule has 0 amide bonds. The van der Waals surface area contributed by atoms with E-state index in [1.165, 1.54) is 0 Å². The number of benzene rings is 2. The van der Waals surface area contributed by atoms with Gasteiger partial charge >= 0.3 is 5.97 Å². The molecule has 1 aliphatic heterocycles. The second kappa shape index (κ2) is 4.73. The second-order valence-electron chi connectivity index (χ2n) is 5.10. The molecule has 114 valence electrons. The van der Waals surface area contributed by atoms with Crippen molar-refractivity contribution >= 4 is 23.0 Å². The number of hydrogen-bond donors (Lipinski definition) is 4. The van der Waals surface area contributed by atoms with Gasteiger partial charge in [-0.2, -0.15) is 0 Å². The highest BCUT2D eigenvalue weighted by molar-refractivity contribution is 6.00. The molecule has 0 aliphatic carbocycles. The molecular weight excluding hydrogens is 288 g/mol. The molecule has 0 atom stereocenters. The summed E-state index contributed by atoms with van der Waals surface area (Å²) in [6.07, 6.45) is 0. The lowest BCUT2D eigenvalue weighted by atomic mass is 10.1. The van der Waals surface area contributed by atoms with Gasteiger partial charge in [0.1, 0.15) is 5.69 Å². The normalized spacial score (nSPS) is 11.7. The lowest BCUT2D eigenvalue weighted by molar-refractivity contribution is 0.0697. The van der Waals surface area contributed by atoms with Crippen LogP contribution in [0.5, 0.6) is 23.0 Å². The summed E-state index contributed by atoms with van der Waals surface area (Å²) in [5.41, 5.74) is 1.37. The molecule has 2 aromatic carbocycles. The Balaban J connectivity index is 2.16. The van der Waals surface area contributed by atoms with Crippen LogP contribution in [0, 0.1) is 0 Å². The van der Waals surface area contributed by atoms with Gasteiger partial charge in [-0.15, -0.1) is 0 Å². The number of phenolic OH excluding ortho intramolecular Hbond substituents is 2. The van der Waals surface area contributed by atoms with Crippen LogP contribution >= 0.6 is 0 Å². The summed E-state index contributed by atoms with van der Waals surface area (Å²) in [6.45, 7) is 0. The fraction of sp³-hybridized carbons (Fsp3) is 0.133. The first-order valence-electron chi connectivity index (χ1n) is 6.47. The van der Waals surface area contributed by atoms with Gasteiger partial charge in [0, 0.05) is 31.9 Å². The van der Waals surface area contributed by atoms with Gasteiger partial charge in [-0.05, 0) is 12.1 Å². The minimum Gasteiger partial charge on any atom is -0.504 e. The lowest BCUT2D eigenvalue weighted by Crippen LogP contribution is -2.12. The van der Waals surface area contributed by atoms with E-state index in [9.17, 15) is 20.1 Å². The topological polar surface area (TPSA) is 102 Å². The van der Waals surface area contributed by atoms with E-state index in [2.05, 4.69) is 5.32 Å². The van der Waals surface area contributed by atoms with Crippen LogP contribution in [0.15, 0.2) is 24.3 Å². The van der Waals surface area contributed by atoms with Gasteiger partial charge in [-0.25, -0.2) is 4.79 Å². The molecule has 1 heterocycles. The number of hydrogen-bond acceptors (Lipinski definition) is 6. The molecule has 0 saturated carbocycles. The molecule has 7 nitrogen and oxygen atoms in total. The summed E-state index contributed by atoms with van der Waals surface area (Å²) < 4.78 is 5.61. The fourth-order valence-electron chi connectivity index (χ4n) is 2.25. The molecule has 22 heavy (non-hydrogen) atoms. The van der Waals surface area contributed by atoms with Crippen molar-refractivity contribution in [2.75, 3.05) is 24.3 Å². The highest BCUT2D eigenvalue weighted by Gasteiger charge is 2.28. The average molecular weight is 302 g/mol. The van der Waals surface area contributed by atoms with Crippen LogP contribution in [0.3, 0.4) is 0 Å². The molecule has 1 aliphatic rings. The predicted octanol–water partition coefficient (Wildman–Crippen LogP) is 2.71. The van der Waals surface area contributed by atoms with Crippen LogP contribution in [0.1, 0.15) is 10.4 Å². The highest BCUT2D eigenvalue weighted by Crippen LogP contribution is 2.52. The van der Waals surface area contributed by atoms with Crippen molar-refractivity contribution < 1.29 is 24.9 Å². The third-order valence-corrected chi connectivity index (χ3v) is 3.42. The zero-order valence-corrected chi connectivity index (χ0v) is 11.9. The molecule has 4 N–H and O–H groups in total. The second-order valence-corrected chi connectivity index (χ2v) is 5.10. The number of carboxylic acids is 1. The Morgan fingerprint density at radius 3 is 2.59 bits per heavy atom. The molecule has 2 aromatic rings. The van der Waals surface area contributed by atoms with E-state index in [1.807, 2.05) is 25.1 Å². The Bertz CT molecular complexity index is 786. The molecule has 0 spiro atoms. The molecule has 0 aromatic heterocycles. The minimum absolute atomic E-state index is 0.105. The summed E-state index contributed by atoms with van der Waals surface area (Å²) in [4.78, 5) is 13.2. The molecule has 0 radical (unpaired) electrons. The van der Waals surface area contributed by atoms with Crippen molar-refractivity contribution in [1.29, 1.82) is 0 Å². The van der Waals surface area contributed by atoms with Crippen molar-refractivity contribution in [1.82, 2.24) is 0 Å². The predicted molar refractivity (Wildman–Crippen MR) is 80.9 cm³/mol. The van der Waals surface area contributed by atoms with Crippen LogP contribution in [-0.2, 0) is 0 Å². The van der Waals surface area contributed by atoms with E-state index in [0.717, 1.165) is 11.8 Å². The van der Waals surface area contributed by atoms with Crippen LogP contribution in [0.4, 0.5) is 17.1 Å². The van der Waals surface area contributed by atoms with Crippen molar-refractivity contribution in [3.05, 3.63) is 29.8 Å². The maximum Gasteiger partial charge on any atom is 0.338 e. The summed E-state index contributed by atoms with van der Waals surface area (Å²) in [5.74, 6) is -1.98. The van der Waals surface area contributed by atoms with Crippen molar-refractivity contribution in [3.63, 3.8) is 0 Å². The monoisotopic (exact) mass is 302 g/mol. The number of aromatic hydroxyl groups is 2. The molecule has 7 heteroatoms. The summed E-state index contributed by atoms with van der Waals surface area (Å²) in [6, 6.07) is 6.32. The molecule has 3 rings (SSSR count). The van der Waals surface area contributed by atoms with Crippen LogP contribution < -0.4 is 15.0 Å². The Hall–Kier alpha value is -3.09. The number of carboxylic acid groups (broad SMARTS) is 1. The fourth-order valence-corrected chi connectivity index (χ4v) is 2.25. The number of fused-ring (bicyclic) bond motifs is 2. The summed E-state index contributed by atoms with van der Waals surface area (Å²) >= 11 is 0. The average Bonchev–Trinajstić information content (AvgIpc) is 2.48. The summed E-state index contributed by atoms with van der Waals surface area (Å²) in [7, 11) is 3.75. The first kappa shape index (κ1) is 13.9. The van der Waals surface area contributed by atoms with Gasteiger partial charge in [0.25, 0.3) is 0 Å². The maximum absolute atomic E-state index is 11.3. The third-order valence-electron chi connectivity index (χ3n) is 3.42. The summed E-state index contributed by atoms with van der Waals surface area (Å²) in [5, 5.41) is 31.8. The largest absolute Gasteiger partial charge is 0.504 e. The first-order chi connectivity index (χ1) is 10.4. The first-order valence-corrected chi connectivity index (χ1v) is 6.47. The van der Waals surface area contributed by atoms with Gasteiger partial charge in [0.05, 0.1) is 11.3 Å². The minimum atomic E-state index is -1.24. The quantitative estimate of drug-likeness (QED) is 0.426. The van der Waals surface area contributed by atoms with E-state index in [1.54, 1.807) is 12.1 Å². The maximum atomic E-state index is 11.3. The highest BCUT2D eigenvalue weighted by atomic mass is 16.5. The number of nitrogens with one attached hydrogen (secondary N) is 1. The van der Waals surface area contributed by atoms with Crippen LogP contribution in [-0.4, -0.2) is 35.4 Å². The zero-order valence-electron chi connectivity index (χ0n) is 11.9. The molecule has 0 unspecified atom stereocenters. The van der Waals surface area contributed by atoms with E-state index in [4.69, 9.17) is 4.74 Å². The van der Waals surface area contributed by atoms with Crippen molar-refractivity contribution in [2.24, 2.45) is 0 Å². The van der Waals surface area contributed by atoms with Crippen molar-refractivity contribution in [3.8, 4) is 23.0 Å². The Morgan fingerprint density at radius 1 is 1.23 bits per heavy atom. The van der Waals surface area contributed by atoms with Gasteiger partial charge in [0.15, 0.2) is 17.2 Å². The van der Waals surface area contributed by atoms with E-state index in [0.29, 0.717) is 11.4 Å². The molecule has 0 saturated heterocycles. The number of carbonyl (C=O) groups is 1. The number of nitrogens with zero attached hydrogens (tertiary/aromatic N) is 1. The van der Waals surface area contributed by atoms with Crippen LogP contribution in [0.2, 0.25) is 0 Å². The van der Waals surface area contributed by atoms with Crippen molar-refractivity contribution in [2.45, 2.75) is 0 Å². The number of aromatic carboxylic acids is 1. The van der Waals surface area contributed by atoms with E-state index < -0.39 is 17.5 Å². The standard InChI is InChI=1S/C15H14N2O5/c1-17(2)7-3-4-9-11(5-7)22-14-12(16-9)8(15(20)21)6-10(18)13(14)19/h3-6,16,18-19H,1-2H3,(H,20,21). The smallest absolute Gasteiger partial charge is 0.338 e. The van der Waals surface area contributed by atoms with Gasteiger partial charge in [0.2, 0.25) is 5.75 Å². The number of rotatable bonds is 2. The molecule has 0 bridgehead atoms.